The van der Waals surface area contributed by atoms with Gasteiger partial charge in [0.25, 0.3) is 0 Å². The molecule has 0 amide bonds. The Hall–Kier alpha value is -2.67. The molecule has 4 rings (SSSR count). The average Bonchev–Trinajstić information content (AvgIpc) is 3.10. The lowest BCUT2D eigenvalue weighted by molar-refractivity contribution is 0.124. The number of imidazole rings is 1. The van der Waals surface area contributed by atoms with Crippen molar-refractivity contribution in [3.05, 3.63) is 30.6 Å². The SMILES string of the molecule is COc1ccc(-c2nc(NC3CCCC(O)C3)nc3[nH]cnc23)cc1. The molecular weight excluding hydrogens is 318 g/mol. The number of fused-ring (bicyclic) bond motifs is 1. The summed E-state index contributed by atoms with van der Waals surface area (Å²) in [6.45, 7) is 0. The standard InChI is InChI=1S/C18H21N5O2/c1-25-14-7-5-11(6-8-14)15-16-17(20-10-19-16)23-18(22-15)21-12-3-2-4-13(24)9-12/h5-8,10,12-13,24H,2-4,9H2,1H3,(H2,19,20,21,22,23). The van der Waals surface area contributed by atoms with Gasteiger partial charge >= 0.3 is 0 Å². The lowest BCUT2D eigenvalue weighted by Crippen LogP contribution is -2.30. The summed E-state index contributed by atoms with van der Waals surface area (Å²) in [7, 11) is 1.65. The largest absolute Gasteiger partial charge is 0.497 e. The van der Waals surface area contributed by atoms with Crippen LogP contribution < -0.4 is 10.1 Å². The number of aliphatic hydroxyl groups is 1. The molecule has 2 unspecified atom stereocenters. The normalized spacial score (nSPS) is 20.6. The molecule has 1 fully saturated rings. The number of hydrogen-bond acceptors (Lipinski definition) is 6. The maximum Gasteiger partial charge on any atom is 0.225 e. The van der Waals surface area contributed by atoms with E-state index in [1.807, 2.05) is 24.3 Å². The van der Waals surface area contributed by atoms with E-state index in [0.717, 1.165) is 48.2 Å². The van der Waals surface area contributed by atoms with E-state index >= 15 is 0 Å². The summed E-state index contributed by atoms with van der Waals surface area (Å²) in [5.74, 6) is 1.35. The van der Waals surface area contributed by atoms with Crippen LogP contribution in [0.25, 0.3) is 22.4 Å². The van der Waals surface area contributed by atoms with E-state index in [0.29, 0.717) is 11.6 Å². The van der Waals surface area contributed by atoms with Crippen molar-refractivity contribution in [3.63, 3.8) is 0 Å². The predicted octanol–water partition coefficient (Wildman–Crippen LogP) is 2.74. The number of ether oxygens (including phenoxy) is 1. The number of methoxy groups -OCH3 is 1. The molecule has 1 aliphatic rings. The van der Waals surface area contributed by atoms with E-state index in [1.54, 1.807) is 13.4 Å². The Morgan fingerprint density at radius 1 is 1.20 bits per heavy atom. The second kappa shape index (κ2) is 6.68. The molecule has 130 valence electrons. The molecule has 1 aromatic carbocycles. The Morgan fingerprint density at radius 3 is 2.80 bits per heavy atom. The molecule has 0 aliphatic heterocycles. The average molecular weight is 339 g/mol. The van der Waals surface area contributed by atoms with Gasteiger partial charge in [0.1, 0.15) is 17.0 Å². The third-order valence-corrected chi connectivity index (χ3v) is 4.62. The molecule has 25 heavy (non-hydrogen) atoms. The number of nitrogens with zero attached hydrogens (tertiary/aromatic N) is 3. The quantitative estimate of drug-likeness (QED) is 0.676. The maximum absolute atomic E-state index is 9.87. The summed E-state index contributed by atoms with van der Waals surface area (Å²) < 4.78 is 5.22. The minimum atomic E-state index is -0.247. The Labute approximate surface area is 145 Å². The van der Waals surface area contributed by atoms with Gasteiger partial charge in [-0.2, -0.15) is 4.98 Å². The van der Waals surface area contributed by atoms with Gasteiger partial charge in [-0.05, 0) is 49.9 Å². The zero-order valence-electron chi connectivity index (χ0n) is 14.1. The molecule has 1 saturated carbocycles. The van der Waals surface area contributed by atoms with Crippen LogP contribution in [0.1, 0.15) is 25.7 Å². The topological polar surface area (TPSA) is 96.0 Å². The van der Waals surface area contributed by atoms with Crippen LogP contribution in [0.2, 0.25) is 0 Å². The van der Waals surface area contributed by atoms with Crippen LogP contribution in [-0.2, 0) is 0 Å². The zero-order chi connectivity index (χ0) is 17.2. The molecule has 0 spiro atoms. The molecule has 0 bridgehead atoms. The molecule has 1 aliphatic carbocycles. The van der Waals surface area contributed by atoms with Gasteiger partial charge in [0, 0.05) is 11.6 Å². The molecule has 0 radical (unpaired) electrons. The van der Waals surface area contributed by atoms with Gasteiger partial charge in [-0.15, -0.1) is 0 Å². The van der Waals surface area contributed by atoms with Gasteiger partial charge in [-0.25, -0.2) is 9.97 Å². The summed E-state index contributed by atoms with van der Waals surface area (Å²) in [6, 6.07) is 7.92. The molecular formula is C18H21N5O2. The fourth-order valence-electron chi connectivity index (χ4n) is 3.33. The number of anilines is 1. The minimum absolute atomic E-state index is 0.188. The number of rotatable bonds is 4. The highest BCUT2D eigenvalue weighted by Crippen LogP contribution is 2.28. The highest BCUT2D eigenvalue weighted by Gasteiger charge is 2.21. The van der Waals surface area contributed by atoms with Crippen molar-refractivity contribution < 1.29 is 9.84 Å². The Kier molecular flexibility index (Phi) is 4.23. The van der Waals surface area contributed by atoms with Crippen LogP contribution in [0.15, 0.2) is 30.6 Å². The summed E-state index contributed by atoms with van der Waals surface area (Å²) in [6.07, 6.45) is 5.00. The summed E-state index contributed by atoms with van der Waals surface area (Å²) >= 11 is 0. The molecule has 2 atom stereocenters. The molecule has 2 heterocycles. The Balaban J connectivity index is 1.69. The summed E-state index contributed by atoms with van der Waals surface area (Å²) in [5.41, 5.74) is 3.15. The lowest BCUT2D eigenvalue weighted by Gasteiger charge is -2.26. The predicted molar refractivity (Wildman–Crippen MR) is 95.6 cm³/mol. The fourth-order valence-corrected chi connectivity index (χ4v) is 3.33. The van der Waals surface area contributed by atoms with Gasteiger partial charge in [0.15, 0.2) is 5.65 Å². The van der Waals surface area contributed by atoms with Crippen molar-refractivity contribution in [1.29, 1.82) is 0 Å². The van der Waals surface area contributed by atoms with Crippen molar-refractivity contribution >= 4 is 17.1 Å². The number of aromatic nitrogens is 4. The highest BCUT2D eigenvalue weighted by molar-refractivity contribution is 5.88. The second-order valence-electron chi connectivity index (χ2n) is 6.39. The second-order valence-corrected chi connectivity index (χ2v) is 6.39. The summed E-state index contributed by atoms with van der Waals surface area (Å²) in [4.78, 5) is 16.6. The first-order valence-electron chi connectivity index (χ1n) is 8.53. The minimum Gasteiger partial charge on any atom is -0.497 e. The van der Waals surface area contributed by atoms with E-state index < -0.39 is 0 Å². The van der Waals surface area contributed by atoms with E-state index in [4.69, 9.17) is 9.72 Å². The number of H-pyrrole nitrogens is 1. The number of nitrogens with one attached hydrogen (secondary N) is 2. The van der Waals surface area contributed by atoms with Crippen molar-refractivity contribution in [2.45, 2.75) is 37.8 Å². The first kappa shape index (κ1) is 15.8. The van der Waals surface area contributed by atoms with Crippen molar-refractivity contribution in [2.24, 2.45) is 0 Å². The molecule has 7 heteroatoms. The van der Waals surface area contributed by atoms with Crippen molar-refractivity contribution in [3.8, 4) is 17.0 Å². The number of aliphatic hydroxyl groups excluding tert-OH is 1. The van der Waals surface area contributed by atoms with Crippen LogP contribution >= 0.6 is 0 Å². The van der Waals surface area contributed by atoms with Gasteiger partial charge < -0.3 is 20.1 Å². The Morgan fingerprint density at radius 2 is 2.04 bits per heavy atom. The molecule has 2 aromatic heterocycles. The van der Waals surface area contributed by atoms with Crippen molar-refractivity contribution in [2.75, 3.05) is 12.4 Å². The fraction of sp³-hybridized carbons (Fsp3) is 0.389. The van der Waals surface area contributed by atoms with Crippen LogP contribution in [0.5, 0.6) is 5.75 Å². The van der Waals surface area contributed by atoms with Gasteiger partial charge in [-0.1, -0.05) is 0 Å². The van der Waals surface area contributed by atoms with Gasteiger partial charge in [0.2, 0.25) is 5.95 Å². The highest BCUT2D eigenvalue weighted by atomic mass is 16.5. The van der Waals surface area contributed by atoms with Crippen LogP contribution in [0, 0.1) is 0 Å². The number of hydrogen-bond donors (Lipinski definition) is 3. The molecule has 3 aromatic rings. The van der Waals surface area contributed by atoms with Gasteiger partial charge in [-0.3, -0.25) is 0 Å². The molecule has 0 saturated heterocycles. The first-order chi connectivity index (χ1) is 12.2. The molecule has 3 N–H and O–H groups in total. The van der Waals surface area contributed by atoms with Crippen LogP contribution in [0.4, 0.5) is 5.95 Å². The van der Waals surface area contributed by atoms with Crippen molar-refractivity contribution in [1.82, 2.24) is 19.9 Å². The van der Waals surface area contributed by atoms with E-state index in [2.05, 4.69) is 20.3 Å². The summed E-state index contributed by atoms with van der Waals surface area (Å²) in [5, 5.41) is 13.2. The van der Waals surface area contributed by atoms with E-state index in [9.17, 15) is 5.11 Å². The maximum atomic E-state index is 9.87. The number of aromatic amines is 1. The lowest BCUT2D eigenvalue weighted by atomic mass is 9.93. The monoisotopic (exact) mass is 339 g/mol. The smallest absolute Gasteiger partial charge is 0.225 e. The zero-order valence-corrected chi connectivity index (χ0v) is 14.1. The molecule has 7 nitrogen and oxygen atoms in total. The van der Waals surface area contributed by atoms with Crippen LogP contribution in [-0.4, -0.2) is 44.3 Å². The third kappa shape index (κ3) is 3.28. The Bertz CT molecular complexity index is 862. The third-order valence-electron chi connectivity index (χ3n) is 4.62. The number of benzene rings is 1. The first-order valence-corrected chi connectivity index (χ1v) is 8.53. The van der Waals surface area contributed by atoms with Crippen LogP contribution in [0.3, 0.4) is 0 Å². The van der Waals surface area contributed by atoms with Gasteiger partial charge in [0.05, 0.1) is 19.5 Å². The van der Waals surface area contributed by atoms with E-state index in [-0.39, 0.29) is 12.1 Å². The van der Waals surface area contributed by atoms with E-state index in [1.165, 1.54) is 0 Å².